The van der Waals surface area contributed by atoms with E-state index < -0.39 is 17.7 Å². The topological polar surface area (TPSA) is 42.2 Å². The van der Waals surface area contributed by atoms with E-state index >= 15 is 0 Å². The second-order valence-corrected chi connectivity index (χ2v) is 11.1. The molecule has 3 aromatic rings. The number of carbonyl (C=O) groups is 1. The second kappa shape index (κ2) is 11.1. The number of alkyl halides is 3. The molecule has 1 aromatic heterocycles. The summed E-state index contributed by atoms with van der Waals surface area (Å²) in [4.78, 5) is 11.8. The van der Waals surface area contributed by atoms with Gasteiger partial charge in [-0.3, -0.25) is 4.79 Å². The van der Waals surface area contributed by atoms with Crippen molar-refractivity contribution in [3.05, 3.63) is 81.1 Å². The first kappa shape index (κ1) is 27.6. The number of nitrogens with zero attached hydrogens (tertiary/aromatic N) is 1. The minimum Gasteiger partial charge on any atom is -0.481 e. The van der Waals surface area contributed by atoms with Gasteiger partial charge in [0.25, 0.3) is 0 Å². The highest BCUT2D eigenvalue weighted by atomic mass is 35.5. The summed E-state index contributed by atoms with van der Waals surface area (Å²) in [6.07, 6.45) is 1.53. The molecule has 0 spiro atoms. The van der Waals surface area contributed by atoms with Crippen molar-refractivity contribution in [3.63, 3.8) is 0 Å². The summed E-state index contributed by atoms with van der Waals surface area (Å²) in [6.45, 7) is 4.22. The van der Waals surface area contributed by atoms with E-state index in [1.807, 2.05) is 12.3 Å². The van der Waals surface area contributed by atoms with Crippen molar-refractivity contribution in [2.45, 2.75) is 70.5 Å². The van der Waals surface area contributed by atoms with Gasteiger partial charge in [0.1, 0.15) is 0 Å². The number of hydrogen-bond acceptors (Lipinski definition) is 1. The summed E-state index contributed by atoms with van der Waals surface area (Å²) in [5.74, 6) is -0.676. The lowest BCUT2D eigenvalue weighted by atomic mass is 9.83. The first-order valence-corrected chi connectivity index (χ1v) is 13.3. The molecule has 2 atom stereocenters. The van der Waals surface area contributed by atoms with Crippen molar-refractivity contribution in [2.75, 3.05) is 0 Å². The Hall–Kier alpha value is -2.44. The van der Waals surface area contributed by atoms with Crippen LogP contribution in [0, 0.1) is 5.92 Å². The second-order valence-electron chi connectivity index (χ2n) is 10.2. The number of hydrogen-bond donors (Lipinski definition) is 1. The Morgan fingerprint density at radius 3 is 2.38 bits per heavy atom. The Kier molecular flexibility index (Phi) is 8.29. The van der Waals surface area contributed by atoms with E-state index in [0.29, 0.717) is 22.4 Å². The van der Waals surface area contributed by atoms with Crippen LogP contribution in [-0.2, 0) is 17.4 Å². The fourth-order valence-corrected chi connectivity index (χ4v) is 5.93. The number of aliphatic carboxylic acids is 1. The minimum atomic E-state index is -4.41. The number of aromatic nitrogens is 1. The third-order valence-corrected chi connectivity index (χ3v) is 7.71. The lowest BCUT2D eigenvalue weighted by molar-refractivity contribution is -0.138. The Labute approximate surface area is 225 Å². The van der Waals surface area contributed by atoms with Gasteiger partial charge < -0.3 is 9.67 Å². The Morgan fingerprint density at radius 2 is 1.78 bits per heavy atom. The summed E-state index contributed by atoms with van der Waals surface area (Å²) in [5.41, 5.74) is 3.82. The van der Waals surface area contributed by atoms with E-state index in [1.165, 1.54) is 0 Å². The van der Waals surface area contributed by atoms with Crippen molar-refractivity contribution in [1.29, 1.82) is 0 Å². The van der Waals surface area contributed by atoms with Crippen molar-refractivity contribution >= 4 is 29.2 Å². The first-order chi connectivity index (χ1) is 17.5. The third-order valence-electron chi connectivity index (χ3n) is 7.17. The molecule has 1 heterocycles. The average molecular weight is 552 g/mol. The number of rotatable bonds is 8. The molecule has 0 unspecified atom stereocenters. The number of halogens is 5. The molecule has 1 N–H and O–H groups in total. The van der Waals surface area contributed by atoms with Crippen LogP contribution in [0.4, 0.5) is 13.2 Å². The van der Waals surface area contributed by atoms with E-state index in [0.717, 1.165) is 65.8 Å². The summed E-state index contributed by atoms with van der Waals surface area (Å²) in [7, 11) is 0. The molecule has 0 aliphatic heterocycles. The van der Waals surface area contributed by atoms with Gasteiger partial charge in [-0.15, -0.1) is 0 Å². The monoisotopic (exact) mass is 551 g/mol. The van der Waals surface area contributed by atoms with Gasteiger partial charge in [-0.1, -0.05) is 55.2 Å². The maximum Gasteiger partial charge on any atom is 0.416 e. The molecule has 0 saturated heterocycles. The SMILES string of the molecule is CC(C)CC[C@@H](c1ccc(C(F)(F)F)cc1)n1cc(-c2ccc(Cl)cc2Cl)c2c1[C@H](CC(=O)O)CCC2. The maximum atomic E-state index is 13.3. The molecule has 0 fully saturated rings. The molecular weight excluding hydrogens is 522 g/mol. The smallest absolute Gasteiger partial charge is 0.416 e. The van der Waals surface area contributed by atoms with Crippen LogP contribution >= 0.6 is 23.2 Å². The zero-order valence-electron chi connectivity index (χ0n) is 20.8. The molecule has 0 amide bonds. The predicted octanol–water partition coefficient (Wildman–Crippen LogP) is 9.40. The lowest BCUT2D eigenvalue weighted by Crippen LogP contribution is -2.21. The molecule has 4 rings (SSSR count). The summed E-state index contributed by atoms with van der Waals surface area (Å²) >= 11 is 12.7. The van der Waals surface area contributed by atoms with E-state index in [9.17, 15) is 23.1 Å². The van der Waals surface area contributed by atoms with Crippen LogP contribution in [0.15, 0.2) is 48.7 Å². The molecular formula is C29H30Cl2F3NO2. The van der Waals surface area contributed by atoms with Gasteiger partial charge in [0, 0.05) is 39.0 Å². The van der Waals surface area contributed by atoms with Gasteiger partial charge in [0.2, 0.25) is 0 Å². The Balaban J connectivity index is 1.91. The molecule has 1 aliphatic carbocycles. The molecule has 2 aromatic carbocycles. The number of carboxylic acids is 1. The maximum absolute atomic E-state index is 13.3. The molecule has 0 saturated carbocycles. The lowest BCUT2D eigenvalue weighted by Gasteiger charge is -2.29. The van der Waals surface area contributed by atoms with Gasteiger partial charge in [-0.25, -0.2) is 0 Å². The van der Waals surface area contributed by atoms with Gasteiger partial charge in [-0.05, 0) is 73.4 Å². The van der Waals surface area contributed by atoms with Gasteiger partial charge in [0.15, 0.2) is 0 Å². The first-order valence-electron chi connectivity index (χ1n) is 12.5. The van der Waals surface area contributed by atoms with Gasteiger partial charge in [-0.2, -0.15) is 13.2 Å². The van der Waals surface area contributed by atoms with Crippen LogP contribution in [0.25, 0.3) is 11.1 Å². The fourth-order valence-electron chi connectivity index (χ4n) is 5.42. The third kappa shape index (κ3) is 6.18. The average Bonchev–Trinajstić information content (AvgIpc) is 3.19. The van der Waals surface area contributed by atoms with Crippen LogP contribution in [0.1, 0.15) is 80.3 Å². The molecule has 37 heavy (non-hydrogen) atoms. The zero-order valence-corrected chi connectivity index (χ0v) is 22.3. The highest BCUT2D eigenvalue weighted by molar-refractivity contribution is 6.36. The molecule has 0 radical (unpaired) electrons. The van der Waals surface area contributed by atoms with E-state index in [4.69, 9.17) is 23.2 Å². The number of benzene rings is 2. The molecule has 1 aliphatic rings. The van der Waals surface area contributed by atoms with Gasteiger partial charge in [0.05, 0.1) is 18.0 Å². The molecule has 8 heteroatoms. The Morgan fingerprint density at radius 1 is 1.08 bits per heavy atom. The van der Waals surface area contributed by atoms with Crippen molar-refractivity contribution in [1.82, 2.24) is 4.57 Å². The molecule has 198 valence electrons. The van der Waals surface area contributed by atoms with Crippen molar-refractivity contribution in [2.24, 2.45) is 5.92 Å². The predicted molar refractivity (Wildman–Crippen MR) is 141 cm³/mol. The van der Waals surface area contributed by atoms with Crippen molar-refractivity contribution in [3.8, 4) is 11.1 Å². The standard InChI is InChI=1S/C29H30Cl2F3NO2/c1-17(2)6-13-26(18-7-9-20(10-8-18)29(32,33)34)35-16-24(22-12-11-21(30)15-25(22)31)23-5-3-4-19(28(23)35)14-27(36)37/h7-12,15-17,19,26H,3-6,13-14H2,1-2H3,(H,36,37)/t19-,26-/m0/s1. The van der Waals surface area contributed by atoms with Crippen LogP contribution in [0.5, 0.6) is 0 Å². The highest BCUT2D eigenvalue weighted by Crippen LogP contribution is 2.45. The quantitative estimate of drug-likeness (QED) is 0.303. The van der Waals surface area contributed by atoms with Crippen LogP contribution in [-0.4, -0.2) is 15.6 Å². The summed E-state index contributed by atoms with van der Waals surface area (Å²) in [6, 6.07) is 10.4. The van der Waals surface area contributed by atoms with E-state index in [1.54, 1.807) is 24.3 Å². The van der Waals surface area contributed by atoms with Crippen molar-refractivity contribution < 1.29 is 23.1 Å². The fraction of sp³-hybridized carbons (Fsp3) is 0.414. The van der Waals surface area contributed by atoms with E-state index in [2.05, 4.69) is 18.4 Å². The normalized spacial score (nSPS) is 16.6. The van der Waals surface area contributed by atoms with Gasteiger partial charge >= 0.3 is 12.1 Å². The minimum absolute atomic E-state index is 0.00524. The number of fused-ring (bicyclic) bond motifs is 1. The summed E-state index contributed by atoms with van der Waals surface area (Å²) in [5, 5.41) is 10.7. The number of carboxylic acid groups (broad SMARTS) is 1. The summed E-state index contributed by atoms with van der Waals surface area (Å²) < 4.78 is 41.9. The Bertz CT molecular complexity index is 1270. The molecule has 3 nitrogen and oxygen atoms in total. The van der Waals surface area contributed by atoms with Crippen LogP contribution < -0.4 is 0 Å². The molecule has 0 bridgehead atoms. The zero-order chi connectivity index (χ0) is 26.9. The highest BCUT2D eigenvalue weighted by Gasteiger charge is 2.33. The van der Waals surface area contributed by atoms with E-state index in [-0.39, 0.29) is 18.4 Å². The largest absolute Gasteiger partial charge is 0.481 e. The van der Waals surface area contributed by atoms with Crippen LogP contribution in [0.2, 0.25) is 10.0 Å². The van der Waals surface area contributed by atoms with Crippen LogP contribution in [0.3, 0.4) is 0 Å².